The second kappa shape index (κ2) is 13.7. The number of ether oxygens (including phenoxy) is 1. The number of fused-ring (bicyclic) bond motifs is 2. The molecule has 6 rings (SSSR count). The van der Waals surface area contributed by atoms with Crippen molar-refractivity contribution < 1.29 is 9.53 Å². The fourth-order valence-electron chi connectivity index (χ4n) is 7.07. The zero-order valence-electron chi connectivity index (χ0n) is 25.8. The minimum Gasteiger partial charge on any atom is -0.462 e. The van der Waals surface area contributed by atoms with Gasteiger partial charge in [-0.15, -0.1) is 0 Å². The fraction of sp³-hybridized carbons (Fsp3) is 0.529. The lowest BCUT2D eigenvalue weighted by Gasteiger charge is -2.42. The molecule has 0 unspecified atom stereocenters. The van der Waals surface area contributed by atoms with Crippen molar-refractivity contribution in [2.45, 2.75) is 64.1 Å². The van der Waals surface area contributed by atoms with E-state index in [1.807, 2.05) is 4.90 Å². The molecule has 0 spiro atoms. The predicted octanol–water partition coefficient (Wildman–Crippen LogP) is 5.08. The summed E-state index contributed by atoms with van der Waals surface area (Å²) in [6, 6.07) is 15.9. The van der Waals surface area contributed by atoms with Crippen LogP contribution in [0.15, 0.2) is 36.4 Å². The summed E-state index contributed by atoms with van der Waals surface area (Å²) in [5.41, 5.74) is 4.64. The van der Waals surface area contributed by atoms with Gasteiger partial charge in [0.1, 0.15) is 12.4 Å². The zero-order valence-corrected chi connectivity index (χ0v) is 27.4. The highest BCUT2D eigenvalue weighted by molar-refractivity contribution is 9.09. The molecule has 4 heterocycles. The van der Waals surface area contributed by atoms with Gasteiger partial charge in [0, 0.05) is 60.6 Å². The van der Waals surface area contributed by atoms with Gasteiger partial charge in [-0.05, 0) is 63.2 Å². The Kier molecular flexibility index (Phi) is 9.53. The normalized spacial score (nSPS) is 20.5. The van der Waals surface area contributed by atoms with Crippen LogP contribution in [0.5, 0.6) is 6.01 Å². The van der Waals surface area contributed by atoms with Crippen LogP contribution in [0.25, 0.3) is 10.8 Å². The molecule has 10 heteroatoms. The first-order valence-electron chi connectivity index (χ1n) is 15.9. The van der Waals surface area contributed by atoms with Gasteiger partial charge in [0.15, 0.2) is 0 Å². The topological polar surface area (TPSA) is 88.8 Å². The highest BCUT2D eigenvalue weighted by atomic mass is 79.9. The van der Waals surface area contributed by atoms with E-state index >= 15 is 0 Å². The van der Waals surface area contributed by atoms with Gasteiger partial charge in [-0.2, -0.15) is 15.2 Å². The Morgan fingerprint density at radius 3 is 2.70 bits per heavy atom. The van der Waals surface area contributed by atoms with Crippen molar-refractivity contribution >= 4 is 44.1 Å². The summed E-state index contributed by atoms with van der Waals surface area (Å²) in [6.45, 7) is 7.18. The molecule has 44 heavy (non-hydrogen) atoms. The minimum absolute atomic E-state index is 0.125. The monoisotopic (exact) mass is 659 g/mol. The molecule has 3 aliphatic rings. The maximum absolute atomic E-state index is 13.0. The number of aromatic nitrogens is 2. The second-order valence-corrected chi connectivity index (χ2v) is 13.1. The van der Waals surface area contributed by atoms with Crippen molar-refractivity contribution in [3.63, 3.8) is 0 Å². The van der Waals surface area contributed by atoms with Crippen LogP contribution >= 0.6 is 15.9 Å². The minimum atomic E-state index is -0.169. The van der Waals surface area contributed by atoms with Crippen LogP contribution in [0.4, 0.5) is 11.5 Å². The van der Waals surface area contributed by atoms with Crippen LogP contribution < -0.4 is 14.5 Å². The van der Waals surface area contributed by atoms with Crippen molar-refractivity contribution in [2.24, 2.45) is 0 Å². The number of anilines is 2. The molecule has 2 aromatic carbocycles. The number of nitriles is 1. The molecular formula is C34H42BrN7O2. The van der Waals surface area contributed by atoms with Gasteiger partial charge in [-0.3, -0.25) is 4.79 Å². The Balaban J connectivity index is 1.31. The maximum Gasteiger partial charge on any atom is 0.318 e. The molecule has 0 radical (unpaired) electrons. The quantitative estimate of drug-likeness (QED) is 0.294. The Hall–Kier alpha value is -3.42. The van der Waals surface area contributed by atoms with E-state index in [4.69, 9.17) is 14.7 Å². The first kappa shape index (κ1) is 30.6. The van der Waals surface area contributed by atoms with Crippen molar-refractivity contribution in [3.8, 4) is 12.1 Å². The molecule has 0 N–H and O–H groups in total. The molecule has 3 aliphatic heterocycles. The third kappa shape index (κ3) is 6.36. The molecule has 2 atom stereocenters. The lowest BCUT2D eigenvalue weighted by Crippen LogP contribution is -2.55. The number of rotatable bonds is 9. The second-order valence-electron chi connectivity index (χ2n) is 12.3. The van der Waals surface area contributed by atoms with E-state index in [0.717, 1.165) is 54.8 Å². The lowest BCUT2D eigenvalue weighted by atomic mass is 9.99. The summed E-state index contributed by atoms with van der Waals surface area (Å²) in [5.74, 6) is 1.02. The highest BCUT2D eigenvalue weighted by Crippen LogP contribution is 2.36. The largest absolute Gasteiger partial charge is 0.462 e. The van der Waals surface area contributed by atoms with Crippen LogP contribution in [0.2, 0.25) is 0 Å². The Labute approximate surface area is 268 Å². The number of carbonyl (C=O) groups excluding carboxylic acids is 1. The summed E-state index contributed by atoms with van der Waals surface area (Å²) in [5, 5.41) is 13.0. The summed E-state index contributed by atoms with van der Waals surface area (Å²) in [4.78, 5) is 32.0. The number of hydrogen-bond acceptors (Lipinski definition) is 8. The third-order valence-corrected chi connectivity index (χ3v) is 10.0. The number of likely N-dealkylation sites (tertiary alicyclic amines) is 1. The Morgan fingerprint density at radius 2 is 1.93 bits per heavy atom. The van der Waals surface area contributed by atoms with Crippen molar-refractivity contribution in [3.05, 3.63) is 53.2 Å². The molecule has 232 valence electrons. The van der Waals surface area contributed by atoms with E-state index in [-0.39, 0.29) is 11.9 Å². The van der Waals surface area contributed by atoms with Crippen molar-refractivity contribution in [2.75, 3.05) is 61.5 Å². The number of aryl methyl sites for hydroxylation is 1. The fourth-order valence-corrected chi connectivity index (χ4v) is 7.35. The number of nitrogens with zero attached hydrogens (tertiary/aromatic N) is 7. The Morgan fingerprint density at radius 1 is 1.09 bits per heavy atom. The van der Waals surface area contributed by atoms with E-state index < -0.39 is 0 Å². The molecule has 2 saturated heterocycles. The average Bonchev–Trinajstić information content (AvgIpc) is 3.46. The molecule has 1 amide bonds. The molecule has 1 aromatic heterocycles. The smallest absolute Gasteiger partial charge is 0.318 e. The van der Waals surface area contributed by atoms with Crippen LogP contribution in [0.1, 0.15) is 48.9 Å². The third-order valence-electron chi connectivity index (χ3n) is 9.48. The van der Waals surface area contributed by atoms with Crippen LogP contribution in [-0.4, -0.2) is 89.5 Å². The Bertz CT molecular complexity index is 1540. The number of piperazine rings is 1. The van der Waals surface area contributed by atoms with Crippen molar-refractivity contribution in [1.29, 1.82) is 5.26 Å². The van der Waals surface area contributed by atoms with E-state index in [2.05, 4.69) is 87.1 Å². The van der Waals surface area contributed by atoms with Gasteiger partial charge in [-0.25, -0.2) is 0 Å². The van der Waals surface area contributed by atoms with Gasteiger partial charge >= 0.3 is 6.01 Å². The molecule has 0 saturated carbocycles. The van der Waals surface area contributed by atoms with E-state index in [0.29, 0.717) is 57.7 Å². The molecule has 2 fully saturated rings. The molecular weight excluding hydrogens is 618 g/mol. The average molecular weight is 661 g/mol. The van der Waals surface area contributed by atoms with E-state index in [1.165, 1.54) is 28.4 Å². The molecule has 0 aliphatic carbocycles. The first-order valence-corrected chi connectivity index (χ1v) is 17.0. The number of benzene rings is 2. The number of halogens is 1. The predicted molar refractivity (Wildman–Crippen MR) is 178 cm³/mol. The number of hydrogen-bond donors (Lipinski definition) is 0. The van der Waals surface area contributed by atoms with Gasteiger partial charge in [0.05, 0.1) is 30.8 Å². The van der Waals surface area contributed by atoms with Crippen LogP contribution in [0.3, 0.4) is 0 Å². The number of amides is 1. The number of carbonyl (C=O) groups is 1. The van der Waals surface area contributed by atoms with E-state index in [1.54, 1.807) is 0 Å². The summed E-state index contributed by atoms with van der Waals surface area (Å²) in [7, 11) is 2.15. The van der Waals surface area contributed by atoms with Gasteiger partial charge in [0.25, 0.3) is 0 Å². The standard InChI is InChI=1S/C34H42BrN7O2/c1-24-7-3-8-25-9-4-11-30(32(24)25)40-18-14-28-29(22-40)37-34(44-23-27-10-6-17-39(27)2)38-33(28)41-19-20-42(26(21-41)13-16-36)31(43)12-5-15-35/h3-4,7-9,11,26-27H,5-6,10,12-15,17-23H2,1-2H3/t26-,27-/m0/s1. The van der Waals surface area contributed by atoms with E-state index in [9.17, 15) is 10.1 Å². The number of alkyl halides is 1. The zero-order chi connectivity index (χ0) is 30.6. The molecule has 3 aromatic rings. The lowest BCUT2D eigenvalue weighted by molar-refractivity contribution is -0.133. The number of likely N-dealkylation sites (N-methyl/N-ethyl adjacent to an activating group) is 1. The van der Waals surface area contributed by atoms with Gasteiger partial charge in [-0.1, -0.05) is 46.3 Å². The molecule has 0 bridgehead atoms. The van der Waals surface area contributed by atoms with Gasteiger partial charge < -0.3 is 24.3 Å². The SMILES string of the molecule is Cc1cccc2cccc(N3CCc4c(nc(OC[C@@H]5CCCN5C)nc4N4CCN(C(=O)CCCBr)[C@@H](CC#N)C4)C3)c12. The maximum atomic E-state index is 13.0. The van der Waals surface area contributed by atoms with Crippen LogP contribution in [0, 0.1) is 18.3 Å². The summed E-state index contributed by atoms with van der Waals surface area (Å²) in [6.07, 6.45) is 4.69. The van der Waals surface area contributed by atoms with Gasteiger partial charge in [0.2, 0.25) is 5.91 Å². The molecule has 9 nitrogen and oxygen atoms in total. The highest BCUT2D eigenvalue weighted by Gasteiger charge is 2.34. The summed E-state index contributed by atoms with van der Waals surface area (Å²) >= 11 is 3.44. The summed E-state index contributed by atoms with van der Waals surface area (Å²) < 4.78 is 6.34. The van der Waals surface area contributed by atoms with Crippen LogP contribution in [-0.2, 0) is 17.8 Å². The first-order chi connectivity index (χ1) is 21.5. The van der Waals surface area contributed by atoms with Crippen molar-refractivity contribution in [1.82, 2.24) is 19.8 Å².